The normalized spacial score (nSPS) is 14.8. The molecule has 0 aromatic heterocycles. The Hall–Kier alpha value is -2.01. The molecule has 1 aliphatic heterocycles. The zero-order chi connectivity index (χ0) is 16.9. The Bertz CT molecular complexity index is 714. The van der Waals surface area contributed by atoms with E-state index in [-0.39, 0.29) is 11.7 Å². The summed E-state index contributed by atoms with van der Waals surface area (Å²) >= 11 is 1.58. The number of para-hydroxylation sites is 1. The van der Waals surface area contributed by atoms with Gasteiger partial charge in [-0.1, -0.05) is 30.3 Å². The van der Waals surface area contributed by atoms with Gasteiger partial charge < -0.3 is 9.80 Å². The van der Waals surface area contributed by atoms with E-state index in [9.17, 15) is 9.18 Å². The van der Waals surface area contributed by atoms with E-state index < -0.39 is 0 Å². The summed E-state index contributed by atoms with van der Waals surface area (Å²) in [5.74, 6) is 0.397. The summed E-state index contributed by atoms with van der Waals surface area (Å²) in [5.41, 5.74) is 1.82. The summed E-state index contributed by atoms with van der Waals surface area (Å²) in [6.07, 6.45) is 0. The number of nitrogens with zero attached hydrogens (tertiary/aromatic N) is 2. The van der Waals surface area contributed by atoms with Crippen molar-refractivity contribution < 1.29 is 9.18 Å². The second-order valence-electron chi connectivity index (χ2n) is 5.87. The Morgan fingerprint density at radius 1 is 1.04 bits per heavy atom. The van der Waals surface area contributed by atoms with Crippen molar-refractivity contribution in [3.8, 4) is 0 Å². The number of anilines is 1. The fourth-order valence-electron chi connectivity index (χ4n) is 2.85. The average molecular weight is 344 g/mol. The first-order valence-electron chi connectivity index (χ1n) is 8.11. The minimum Gasteiger partial charge on any atom is -0.366 e. The van der Waals surface area contributed by atoms with Crippen LogP contribution in [0, 0.1) is 12.7 Å². The first-order valence-corrected chi connectivity index (χ1v) is 9.09. The van der Waals surface area contributed by atoms with Crippen molar-refractivity contribution in [2.45, 2.75) is 11.8 Å². The van der Waals surface area contributed by atoms with Gasteiger partial charge in [-0.15, -0.1) is 11.8 Å². The molecule has 1 aliphatic rings. The topological polar surface area (TPSA) is 23.6 Å². The van der Waals surface area contributed by atoms with Gasteiger partial charge in [0.1, 0.15) is 5.82 Å². The zero-order valence-electron chi connectivity index (χ0n) is 13.7. The predicted molar refractivity (Wildman–Crippen MR) is 97.1 cm³/mol. The fourth-order valence-corrected chi connectivity index (χ4v) is 3.79. The quantitative estimate of drug-likeness (QED) is 0.792. The van der Waals surface area contributed by atoms with E-state index in [0.29, 0.717) is 37.6 Å². The standard InChI is InChI=1S/C19H21FN2OS/c1-15-6-2-5-9-18(15)24-14-19(23)22-12-10-21(11-13-22)17-8-4-3-7-16(17)20/h2-9H,10-14H2,1H3. The lowest BCUT2D eigenvalue weighted by molar-refractivity contribution is -0.128. The third kappa shape index (κ3) is 3.90. The van der Waals surface area contributed by atoms with Gasteiger partial charge in [-0.3, -0.25) is 4.79 Å². The van der Waals surface area contributed by atoms with E-state index in [1.54, 1.807) is 23.9 Å². The van der Waals surface area contributed by atoms with Gasteiger partial charge in [0.05, 0.1) is 11.4 Å². The number of thioether (sulfide) groups is 1. The van der Waals surface area contributed by atoms with Crippen molar-refractivity contribution in [2.75, 3.05) is 36.8 Å². The SMILES string of the molecule is Cc1ccccc1SCC(=O)N1CCN(c2ccccc2F)CC1. The van der Waals surface area contributed by atoms with Crippen molar-refractivity contribution in [1.82, 2.24) is 4.90 Å². The minimum atomic E-state index is -0.201. The van der Waals surface area contributed by atoms with Gasteiger partial charge in [-0.05, 0) is 30.7 Å². The maximum Gasteiger partial charge on any atom is 0.233 e. The molecule has 0 radical (unpaired) electrons. The molecule has 0 saturated carbocycles. The Balaban J connectivity index is 1.52. The van der Waals surface area contributed by atoms with Crippen LogP contribution >= 0.6 is 11.8 Å². The number of benzene rings is 2. The molecule has 3 nitrogen and oxygen atoms in total. The molecule has 0 spiro atoms. The number of amides is 1. The third-order valence-electron chi connectivity index (χ3n) is 4.27. The van der Waals surface area contributed by atoms with E-state index >= 15 is 0 Å². The third-order valence-corrected chi connectivity index (χ3v) is 5.43. The van der Waals surface area contributed by atoms with Crippen LogP contribution in [0.15, 0.2) is 53.4 Å². The van der Waals surface area contributed by atoms with Crippen molar-refractivity contribution >= 4 is 23.4 Å². The average Bonchev–Trinajstić information content (AvgIpc) is 2.61. The van der Waals surface area contributed by atoms with Crippen molar-refractivity contribution in [3.63, 3.8) is 0 Å². The van der Waals surface area contributed by atoms with E-state index in [0.717, 1.165) is 4.90 Å². The Morgan fingerprint density at radius 2 is 1.71 bits per heavy atom. The fraction of sp³-hybridized carbons (Fsp3) is 0.316. The van der Waals surface area contributed by atoms with Crippen LogP contribution in [-0.4, -0.2) is 42.7 Å². The Labute approximate surface area is 146 Å². The lowest BCUT2D eigenvalue weighted by Gasteiger charge is -2.36. The highest BCUT2D eigenvalue weighted by atomic mass is 32.2. The van der Waals surface area contributed by atoms with Crippen LogP contribution in [0.1, 0.15) is 5.56 Å². The number of rotatable bonds is 4. The summed E-state index contributed by atoms with van der Waals surface area (Å²) < 4.78 is 13.9. The molecule has 1 amide bonds. The number of hydrogen-bond donors (Lipinski definition) is 0. The molecule has 3 rings (SSSR count). The lowest BCUT2D eigenvalue weighted by atomic mass is 10.2. The van der Waals surface area contributed by atoms with Gasteiger partial charge in [-0.25, -0.2) is 4.39 Å². The number of carbonyl (C=O) groups excluding carboxylic acids is 1. The van der Waals surface area contributed by atoms with E-state index in [1.165, 1.54) is 11.6 Å². The Morgan fingerprint density at radius 3 is 2.42 bits per heavy atom. The molecule has 1 heterocycles. The summed E-state index contributed by atoms with van der Waals surface area (Å²) in [5, 5.41) is 0. The second kappa shape index (κ2) is 7.71. The highest BCUT2D eigenvalue weighted by Crippen LogP contribution is 2.23. The molecule has 0 atom stereocenters. The summed E-state index contributed by atoms with van der Waals surface area (Å²) in [4.78, 5) is 17.4. The molecule has 0 unspecified atom stereocenters. The number of hydrogen-bond acceptors (Lipinski definition) is 3. The first-order chi connectivity index (χ1) is 11.6. The van der Waals surface area contributed by atoms with Gasteiger partial charge in [0.25, 0.3) is 0 Å². The van der Waals surface area contributed by atoms with Crippen LogP contribution in [0.2, 0.25) is 0 Å². The van der Waals surface area contributed by atoms with Gasteiger partial charge >= 0.3 is 0 Å². The van der Waals surface area contributed by atoms with Crippen molar-refractivity contribution in [2.24, 2.45) is 0 Å². The monoisotopic (exact) mass is 344 g/mol. The van der Waals surface area contributed by atoms with E-state index in [2.05, 4.69) is 13.0 Å². The predicted octanol–water partition coefficient (Wildman–Crippen LogP) is 3.58. The van der Waals surface area contributed by atoms with Crippen LogP contribution in [0.4, 0.5) is 10.1 Å². The molecule has 0 bridgehead atoms. The van der Waals surface area contributed by atoms with Gasteiger partial charge in [0.2, 0.25) is 5.91 Å². The van der Waals surface area contributed by atoms with Gasteiger partial charge in [-0.2, -0.15) is 0 Å². The number of carbonyl (C=O) groups is 1. The maximum absolute atomic E-state index is 13.9. The summed E-state index contributed by atoms with van der Waals surface area (Å²) in [7, 11) is 0. The molecule has 0 N–H and O–H groups in total. The molecular weight excluding hydrogens is 323 g/mol. The van der Waals surface area contributed by atoms with Crippen LogP contribution in [0.25, 0.3) is 0 Å². The summed E-state index contributed by atoms with van der Waals surface area (Å²) in [6, 6.07) is 14.9. The van der Waals surface area contributed by atoms with Crippen LogP contribution in [0.5, 0.6) is 0 Å². The molecule has 1 saturated heterocycles. The maximum atomic E-state index is 13.9. The highest BCUT2D eigenvalue weighted by molar-refractivity contribution is 8.00. The van der Waals surface area contributed by atoms with Crippen LogP contribution in [0.3, 0.4) is 0 Å². The Kier molecular flexibility index (Phi) is 5.41. The molecule has 2 aromatic carbocycles. The molecule has 1 fully saturated rings. The van der Waals surface area contributed by atoms with Crippen LogP contribution < -0.4 is 4.90 Å². The van der Waals surface area contributed by atoms with E-state index in [4.69, 9.17) is 0 Å². The van der Waals surface area contributed by atoms with Crippen LogP contribution in [-0.2, 0) is 4.79 Å². The first kappa shape index (κ1) is 16.8. The van der Waals surface area contributed by atoms with Gasteiger partial charge in [0, 0.05) is 31.1 Å². The zero-order valence-corrected chi connectivity index (χ0v) is 14.6. The van der Waals surface area contributed by atoms with Gasteiger partial charge in [0.15, 0.2) is 0 Å². The largest absolute Gasteiger partial charge is 0.366 e. The molecule has 0 aliphatic carbocycles. The van der Waals surface area contributed by atoms with Crippen molar-refractivity contribution in [3.05, 3.63) is 59.9 Å². The molecule has 24 heavy (non-hydrogen) atoms. The van der Waals surface area contributed by atoms with Crippen molar-refractivity contribution in [1.29, 1.82) is 0 Å². The highest BCUT2D eigenvalue weighted by Gasteiger charge is 2.22. The molecule has 126 valence electrons. The number of halogens is 1. The smallest absolute Gasteiger partial charge is 0.233 e. The number of aryl methyl sites for hydroxylation is 1. The second-order valence-corrected chi connectivity index (χ2v) is 6.89. The lowest BCUT2D eigenvalue weighted by Crippen LogP contribution is -2.49. The molecule has 5 heteroatoms. The summed E-state index contributed by atoms with van der Waals surface area (Å²) in [6.45, 7) is 4.67. The number of piperazine rings is 1. The molecular formula is C19H21FN2OS. The van der Waals surface area contributed by atoms with E-state index in [1.807, 2.05) is 34.1 Å². The minimum absolute atomic E-state index is 0.149. The molecule has 2 aromatic rings.